The SMILES string of the molecule is CSc1ccc(CNC(=O)c2sc3nnc(C)c(C)c3c2N)cc1. The number of carbonyl (C=O) groups is 1. The molecule has 3 aromatic rings. The lowest BCUT2D eigenvalue weighted by atomic mass is 10.1. The van der Waals surface area contributed by atoms with Crippen molar-refractivity contribution in [3.63, 3.8) is 0 Å². The molecular weight excluding hydrogens is 340 g/mol. The maximum atomic E-state index is 12.5. The van der Waals surface area contributed by atoms with E-state index in [1.165, 1.54) is 16.2 Å². The van der Waals surface area contributed by atoms with E-state index in [9.17, 15) is 4.79 Å². The molecule has 5 nitrogen and oxygen atoms in total. The Morgan fingerprint density at radius 1 is 1.25 bits per heavy atom. The van der Waals surface area contributed by atoms with Gasteiger partial charge in [0.25, 0.3) is 5.91 Å². The van der Waals surface area contributed by atoms with E-state index in [1.807, 2.05) is 44.4 Å². The molecule has 0 aliphatic heterocycles. The van der Waals surface area contributed by atoms with Gasteiger partial charge in [-0.15, -0.1) is 28.2 Å². The van der Waals surface area contributed by atoms with E-state index in [4.69, 9.17) is 5.73 Å². The number of aromatic nitrogens is 2. The number of carbonyl (C=O) groups excluding carboxylic acids is 1. The average Bonchev–Trinajstić information content (AvgIpc) is 2.94. The van der Waals surface area contributed by atoms with E-state index in [0.29, 0.717) is 21.9 Å². The van der Waals surface area contributed by atoms with Gasteiger partial charge in [-0.1, -0.05) is 12.1 Å². The van der Waals surface area contributed by atoms with Crippen molar-refractivity contribution in [1.82, 2.24) is 15.5 Å². The van der Waals surface area contributed by atoms with Crippen LogP contribution < -0.4 is 11.1 Å². The highest BCUT2D eigenvalue weighted by atomic mass is 32.2. The predicted octanol–water partition coefficient (Wildman–Crippen LogP) is 3.54. The lowest BCUT2D eigenvalue weighted by molar-refractivity contribution is 0.0956. The summed E-state index contributed by atoms with van der Waals surface area (Å²) in [5.74, 6) is -0.179. The summed E-state index contributed by atoms with van der Waals surface area (Å²) in [6, 6.07) is 8.11. The Morgan fingerprint density at radius 3 is 2.62 bits per heavy atom. The Bertz CT molecular complexity index is 903. The molecule has 0 aliphatic rings. The molecule has 0 atom stereocenters. The Labute approximate surface area is 148 Å². The molecule has 24 heavy (non-hydrogen) atoms. The number of rotatable bonds is 4. The van der Waals surface area contributed by atoms with Crippen LogP contribution in [-0.2, 0) is 6.54 Å². The van der Waals surface area contributed by atoms with Gasteiger partial charge < -0.3 is 11.1 Å². The number of fused-ring (bicyclic) bond motifs is 1. The molecule has 0 saturated carbocycles. The van der Waals surface area contributed by atoms with Crippen molar-refractivity contribution in [2.24, 2.45) is 0 Å². The summed E-state index contributed by atoms with van der Waals surface area (Å²) in [5, 5.41) is 12.0. The number of nitrogen functional groups attached to an aromatic ring is 1. The standard InChI is InChI=1S/C17H18N4OS2/c1-9-10(2)20-21-17-13(9)14(18)15(24-17)16(22)19-8-11-4-6-12(23-3)7-5-11/h4-7H,8,18H2,1-3H3,(H,19,22). The molecule has 7 heteroatoms. The van der Waals surface area contributed by atoms with Gasteiger partial charge in [0, 0.05) is 16.8 Å². The number of hydrogen-bond donors (Lipinski definition) is 2. The van der Waals surface area contributed by atoms with E-state index in [1.54, 1.807) is 11.8 Å². The Kier molecular flexibility index (Phi) is 4.73. The first-order valence-corrected chi connectivity index (χ1v) is 9.48. The minimum absolute atomic E-state index is 0.179. The third-order valence-corrected chi connectivity index (χ3v) is 5.79. The van der Waals surface area contributed by atoms with Crippen molar-refractivity contribution in [2.75, 3.05) is 12.0 Å². The van der Waals surface area contributed by atoms with Gasteiger partial charge in [-0.25, -0.2) is 0 Å². The van der Waals surface area contributed by atoms with E-state index < -0.39 is 0 Å². The first-order chi connectivity index (χ1) is 11.5. The minimum Gasteiger partial charge on any atom is -0.397 e. The largest absolute Gasteiger partial charge is 0.397 e. The number of amides is 1. The number of aryl methyl sites for hydroxylation is 2. The molecule has 0 unspecified atom stereocenters. The summed E-state index contributed by atoms with van der Waals surface area (Å²) < 4.78 is 0. The monoisotopic (exact) mass is 358 g/mol. The quantitative estimate of drug-likeness (QED) is 0.697. The smallest absolute Gasteiger partial charge is 0.263 e. The Morgan fingerprint density at radius 2 is 1.96 bits per heavy atom. The fraction of sp³-hybridized carbons (Fsp3) is 0.235. The second kappa shape index (κ2) is 6.78. The highest BCUT2D eigenvalue weighted by Gasteiger charge is 2.19. The topological polar surface area (TPSA) is 80.9 Å². The van der Waals surface area contributed by atoms with Crippen LogP contribution in [0.25, 0.3) is 10.2 Å². The molecule has 0 saturated heterocycles. The molecule has 1 amide bonds. The third kappa shape index (κ3) is 3.09. The summed E-state index contributed by atoms with van der Waals surface area (Å²) in [5.41, 5.74) is 9.53. The second-order valence-corrected chi connectivity index (χ2v) is 7.34. The summed E-state index contributed by atoms with van der Waals surface area (Å²) in [4.78, 5) is 14.9. The van der Waals surface area contributed by atoms with Crippen molar-refractivity contribution in [3.05, 3.63) is 46.0 Å². The number of nitrogens with one attached hydrogen (secondary N) is 1. The summed E-state index contributed by atoms with van der Waals surface area (Å²) in [7, 11) is 0. The van der Waals surface area contributed by atoms with Gasteiger partial charge in [-0.05, 0) is 43.4 Å². The van der Waals surface area contributed by atoms with Crippen molar-refractivity contribution in [3.8, 4) is 0 Å². The van der Waals surface area contributed by atoms with E-state index in [0.717, 1.165) is 22.2 Å². The maximum absolute atomic E-state index is 12.5. The summed E-state index contributed by atoms with van der Waals surface area (Å²) in [6.45, 7) is 4.30. The summed E-state index contributed by atoms with van der Waals surface area (Å²) in [6.07, 6.45) is 2.04. The fourth-order valence-electron chi connectivity index (χ4n) is 2.42. The minimum atomic E-state index is -0.179. The van der Waals surface area contributed by atoms with E-state index >= 15 is 0 Å². The number of hydrogen-bond acceptors (Lipinski definition) is 6. The van der Waals surface area contributed by atoms with Gasteiger partial charge in [-0.3, -0.25) is 4.79 Å². The van der Waals surface area contributed by atoms with E-state index in [2.05, 4.69) is 15.5 Å². The van der Waals surface area contributed by atoms with Gasteiger partial charge in [0.2, 0.25) is 0 Å². The van der Waals surface area contributed by atoms with Crippen LogP contribution in [0, 0.1) is 13.8 Å². The average molecular weight is 358 g/mol. The number of thiophene rings is 1. The van der Waals surface area contributed by atoms with Crippen LogP contribution in [0.4, 0.5) is 5.69 Å². The molecule has 0 fully saturated rings. The van der Waals surface area contributed by atoms with Crippen LogP contribution in [0.15, 0.2) is 29.2 Å². The molecule has 2 aromatic heterocycles. The van der Waals surface area contributed by atoms with E-state index in [-0.39, 0.29) is 5.91 Å². The van der Waals surface area contributed by atoms with Gasteiger partial charge >= 0.3 is 0 Å². The van der Waals surface area contributed by atoms with Crippen LogP contribution in [0.1, 0.15) is 26.5 Å². The molecule has 2 heterocycles. The van der Waals surface area contributed by atoms with Crippen molar-refractivity contribution >= 4 is 44.9 Å². The Hall–Kier alpha value is -2.12. The fourth-order valence-corrected chi connectivity index (χ4v) is 3.84. The molecule has 0 aliphatic carbocycles. The predicted molar refractivity (Wildman–Crippen MR) is 101 cm³/mol. The molecule has 3 N–H and O–H groups in total. The molecule has 124 valence electrons. The first-order valence-electron chi connectivity index (χ1n) is 7.44. The second-order valence-electron chi connectivity index (χ2n) is 5.47. The maximum Gasteiger partial charge on any atom is 0.263 e. The Balaban J connectivity index is 1.81. The highest BCUT2D eigenvalue weighted by Crippen LogP contribution is 2.34. The van der Waals surface area contributed by atoms with Gasteiger partial charge in [0.05, 0.1) is 11.4 Å². The van der Waals surface area contributed by atoms with Gasteiger partial charge in [0.1, 0.15) is 9.71 Å². The van der Waals surface area contributed by atoms with Crippen LogP contribution in [0.5, 0.6) is 0 Å². The van der Waals surface area contributed by atoms with Gasteiger partial charge in [-0.2, -0.15) is 5.10 Å². The highest BCUT2D eigenvalue weighted by molar-refractivity contribution is 7.98. The third-order valence-electron chi connectivity index (χ3n) is 3.95. The zero-order chi connectivity index (χ0) is 17.3. The number of thioether (sulfide) groups is 1. The molecule has 3 rings (SSSR count). The lowest BCUT2D eigenvalue weighted by Gasteiger charge is -2.06. The molecule has 0 spiro atoms. The molecular formula is C17H18N4OS2. The van der Waals surface area contributed by atoms with Crippen LogP contribution in [-0.4, -0.2) is 22.4 Å². The molecule has 0 radical (unpaired) electrons. The number of nitrogens with zero attached hydrogens (tertiary/aromatic N) is 2. The van der Waals surface area contributed by atoms with Crippen molar-refractivity contribution in [2.45, 2.75) is 25.3 Å². The normalized spacial score (nSPS) is 11.0. The number of benzene rings is 1. The van der Waals surface area contributed by atoms with Crippen LogP contribution in [0.2, 0.25) is 0 Å². The first kappa shape index (κ1) is 16.7. The number of nitrogens with two attached hydrogens (primary N) is 1. The molecule has 0 bridgehead atoms. The van der Waals surface area contributed by atoms with Crippen LogP contribution in [0.3, 0.4) is 0 Å². The zero-order valence-electron chi connectivity index (χ0n) is 13.7. The number of anilines is 1. The molecule has 1 aromatic carbocycles. The lowest BCUT2D eigenvalue weighted by Crippen LogP contribution is -2.22. The summed E-state index contributed by atoms with van der Waals surface area (Å²) >= 11 is 2.97. The van der Waals surface area contributed by atoms with Crippen molar-refractivity contribution in [1.29, 1.82) is 0 Å². The van der Waals surface area contributed by atoms with Gasteiger partial charge in [0.15, 0.2) is 0 Å². The van der Waals surface area contributed by atoms with Crippen molar-refractivity contribution < 1.29 is 4.79 Å². The van der Waals surface area contributed by atoms with Crippen LogP contribution >= 0.6 is 23.1 Å². The zero-order valence-corrected chi connectivity index (χ0v) is 15.3.